The Balaban J connectivity index is 2.94. The average Bonchev–Trinajstić information content (AvgIpc) is 2.22. The molecule has 1 aromatic heterocycles. The predicted molar refractivity (Wildman–Crippen MR) is 72.4 cm³/mol. The lowest BCUT2D eigenvalue weighted by molar-refractivity contribution is 0.414. The first-order valence-electron chi connectivity index (χ1n) is 4.81. The molecule has 0 fully saturated rings. The zero-order chi connectivity index (χ0) is 13.2. The fourth-order valence-corrected chi connectivity index (χ4v) is 2.54. The highest BCUT2D eigenvalue weighted by Crippen LogP contribution is 2.23. The molecule has 0 amide bonds. The van der Waals surface area contributed by atoms with Crippen LogP contribution in [-0.2, 0) is 10.2 Å². The van der Waals surface area contributed by atoms with Crippen molar-refractivity contribution in [2.45, 2.75) is 19.9 Å². The predicted octanol–water partition coefficient (Wildman–Crippen LogP) is 2.49. The Morgan fingerprint density at radius 1 is 1.53 bits per heavy atom. The average molecular weight is 343 g/mol. The first-order chi connectivity index (χ1) is 7.74. The summed E-state index contributed by atoms with van der Waals surface area (Å²) in [7, 11) is -2.06. The van der Waals surface area contributed by atoms with Gasteiger partial charge >= 0.3 is 10.2 Å². The summed E-state index contributed by atoms with van der Waals surface area (Å²) < 4.78 is 27.9. The second kappa shape index (κ2) is 5.51. The van der Waals surface area contributed by atoms with E-state index in [1.54, 1.807) is 19.9 Å². The van der Waals surface area contributed by atoms with Gasteiger partial charge in [0.2, 0.25) is 0 Å². The Morgan fingerprint density at radius 3 is 2.59 bits per heavy atom. The van der Waals surface area contributed by atoms with Crippen molar-refractivity contribution >= 4 is 43.4 Å². The number of hydrogen-bond acceptors (Lipinski definition) is 3. The third kappa shape index (κ3) is 3.80. The summed E-state index contributed by atoms with van der Waals surface area (Å²) in [5.74, 6) is 0. The van der Waals surface area contributed by atoms with E-state index in [4.69, 9.17) is 11.6 Å². The van der Waals surface area contributed by atoms with Gasteiger partial charge in [-0.25, -0.2) is 4.98 Å². The number of aromatic nitrogens is 1. The van der Waals surface area contributed by atoms with Crippen LogP contribution in [0.4, 0.5) is 5.69 Å². The lowest BCUT2D eigenvalue weighted by Crippen LogP contribution is -2.37. The number of rotatable bonds is 4. The van der Waals surface area contributed by atoms with Gasteiger partial charge in [-0.15, -0.1) is 0 Å². The highest BCUT2D eigenvalue weighted by molar-refractivity contribution is 9.10. The van der Waals surface area contributed by atoms with Crippen LogP contribution in [0.3, 0.4) is 0 Å². The van der Waals surface area contributed by atoms with Crippen molar-refractivity contribution in [2.75, 3.05) is 11.8 Å². The highest BCUT2D eigenvalue weighted by atomic mass is 79.9. The first kappa shape index (κ1) is 14.7. The van der Waals surface area contributed by atoms with E-state index in [0.717, 1.165) is 0 Å². The molecule has 0 atom stereocenters. The number of anilines is 1. The summed E-state index contributed by atoms with van der Waals surface area (Å²) in [5.41, 5.74) is 0.355. The lowest BCUT2D eigenvalue weighted by atomic mass is 10.4. The number of pyridine rings is 1. The van der Waals surface area contributed by atoms with Gasteiger partial charge in [-0.2, -0.15) is 12.7 Å². The summed E-state index contributed by atoms with van der Waals surface area (Å²) in [5, 5.41) is 0.283. The Kier molecular flexibility index (Phi) is 4.77. The van der Waals surface area contributed by atoms with E-state index < -0.39 is 10.2 Å². The summed E-state index contributed by atoms with van der Waals surface area (Å²) in [6.07, 6.45) is 1.36. The molecule has 0 aliphatic rings. The van der Waals surface area contributed by atoms with Crippen LogP contribution in [0.2, 0.25) is 5.15 Å². The zero-order valence-corrected chi connectivity index (χ0v) is 12.8. The normalized spacial score (nSPS) is 12.2. The van der Waals surface area contributed by atoms with Crippen LogP contribution in [0.15, 0.2) is 16.7 Å². The SMILES string of the molecule is CC(C)N(C)S(=O)(=O)Nc1cnc(Cl)c(Br)c1. The van der Waals surface area contributed by atoms with Gasteiger partial charge in [0, 0.05) is 13.1 Å². The maximum absolute atomic E-state index is 11.9. The van der Waals surface area contributed by atoms with Crippen molar-refractivity contribution in [2.24, 2.45) is 0 Å². The van der Waals surface area contributed by atoms with Gasteiger partial charge < -0.3 is 0 Å². The monoisotopic (exact) mass is 341 g/mol. The van der Waals surface area contributed by atoms with Gasteiger partial charge in [0.15, 0.2) is 0 Å². The van der Waals surface area contributed by atoms with Gasteiger partial charge in [0.05, 0.1) is 16.4 Å². The summed E-state index contributed by atoms with van der Waals surface area (Å²) in [6, 6.07) is 1.43. The summed E-state index contributed by atoms with van der Waals surface area (Å²) >= 11 is 8.90. The van der Waals surface area contributed by atoms with Crippen molar-refractivity contribution in [1.82, 2.24) is 9.29 Å². The van der Waals surface area contributed by atoms with Gasteiger partial charge in [-0.05, 0) is 35.8 Å². The number of hydrogen-bond donors (Lipinski definition) is 1. The number of halogens is 2. The smallest absolute Gasteiger partial charge is 0.269 e. The first-order valence-corrected chi connectivity index (χ1v) is 7.42. The van der Waals surface area contributed by atoms with E-state index in [1.807, 2.05) is 0 Å². The van der Waals surface area contributed by atoms with Crippen molar-refractivity contribution < 1.29 is 8.42 Å². The molecule has 1 heterocycles. The van der Waals surface area contributed by atoms with Gasteiger partial charge in [0.1, 0.15) is 5.15 Å². The maximum Gasteiger partial charge on any atom is 0.301 e. The van der Waals surface area contributed by atoms with Crippen LogP contribution in [0, 0.1) is 0 Å². The summed E-state index contributed by atoms with van der Waals surface area (Å²) in [6.45, 7) is 3.57. The lowest BCUT2D eigenvalue weighted by Gasteiger charge is -2.21. The molecule has 0 aromatic carbocycles. The second-order valence-corrected chi connectivity index (χ2v) is 6.66. The zero-order valence-electron chi connectivity index (χ0n) is 9.61. The quantitative estimate of drug-likeness (QED) is 0.855. The van der Waals surface area contributed by atoms with Gasteiger partial charge in [0.25, 0.3) is 0 Å². The van der Waals surface area contributed by atoms with Gasteiger partial charge in [-0.3, -0.25) is 4.72 Å². The van der Waals surface area contributed by atoms with E-state index in [2.05, 4.69) is 25.6 Å². The van der Waals surface area contributed by atoms with Crippen LogP contribution in [0.5, 0.6) is 0 Å². The molecule has 1 rings (SSSR count). The van der Waals surface area contributed by atoms with Crippen molar-refractivity contribution in [3.63, 3.8) is 0 Å². The Labute approximate surface area is 114 Å². The molecule has 1 aromatic rings. The molecule has 96 valence electrons. The van der Waals surface area contributed by atoms with Crippen LogP contribution in [-0.4, -0.2) is 30.8 Å². The maximum atomic E-state index is 11.9. The topological polar surface area (TPSA) is 62.3 Å². The minimum absolute atomic E-state index is 0.129. The van der Waals surface area contributed by atoms with Crippen LogP contribution in [0.25, 0.3) is 0 Å². The molecule has 5 nitrogen and oxygen atoms in total. The third-order valence-electron chi connectivity index (χ3n) is 2.15. The molecule has 0 aliphatic heterocycles. The van der Waals surface area contributed by atoms with Crippen LogP contribution in [0.1, 0.15) is 13.8 Å². The molecule has 0 unspecified atom stereocenters. The summed E-state index contributed by atoms with van der Waals surface area (Å²) in [4.78, 5) is 3.84. The van der Waals surface area contributed by atoms with Gasteiger partial charge in [-0.1, -0.05) is 11.6 Å². The molecule has 17 heavy (non-hydrogen) atoms. The molecule has 0 radical (unpaired) electrons. The van der Waals surface area contributed by atoms with Crippen molar-refractivity contribution in [3.8, 4) is 0 Å². The van der Waals surface area contributed by atoms with E-state index in [1.165, 1.54) is 17.5 Å². The highest BCUT2D eigenvalue weighted by Gasteiger charge is 2.20. The van der Waals surface area contributed by atoms with E-state index >= 15 is 0 Å². The van der Waals surface area contributed by atoms with Crippen LogP contribution >= 0.6 is 27.5 Å². The minimum Gasteiger partial charge on any atom is -0.269 e. The van der Waals surface area contributed by atoms with E-state index in [9.17, 15) is 8.42 Å². The number of nitrogens with one attached hydrogen (secondary N) is 1. The van der Waals surface area contributed by atoms with Crippen molar-refractivity contribution in [3.05, 3.63) is 21.9 Å². The number of nitrogens with zero attached hydrogens (tertiary/aromatic N) is 2. The molecule has 0 saturated carbocycles. The van der Waals surface area contributed by atoms with E-state index in [0.29, 0.717) is 10.2 Å². The molecule has 0 spiro atoms. The Bertz CT molecular complexity index is 507. The molecule has 0 saturated heterocycles. The fraction of sp³-hybridized carbons (Fsp3) is 0.444. The fourth-order valence-electron chi connectivity index (χ4n) is 0.976. The molecule has 8 heteroatoms. The Morgan fingerprint density at radius 2 is 2.12 bits per heavy atom. The van der Waals surface area contributed by atoms with Crippen LogP contribution < -0.4 is 4.72 Å². The van der Waals surface area contributed by atoms with E-state index in [-0.39, 0.29) is 11.2 Å². The second-order valence-electron chi connectivity index (χ2n) is 3.71. The molecule has 1 N–H and O–H groups in total. The third-order valence-corrected chi connectivity index (χ3v) is 4.96. The molecule has 0 bridgehead atoms. The Hall–Kier alpha value is -0.370. The largest absolute Gasteiger partial charge is 0.301 e. The molecular formula is C9H13BrClN3O2S. The minimum atomic E-state index is -3.56. The standard InChI is InChI=1S/C9H13BrClN3O2S/c1-6(2)14(3)17(15,16)13-7-4-8(10)9(11)12-5-7/h4-6,13H,1-3H3. The molecular weight excluding hydrogens is 330 g/mol. The van der Waals surface area contributed by atoms with Crippen molar-refractivity contribution in [1.29, 1.82) is 0 Å². The molecule has 0 aliphatic carbocycles.